The molecule has 1 saturated heterocycles. The maximum absolute atomic E-state index is 12.5. The van der Waals surface area contributed by atoms with Crippen molar-refractivity contribution in [1.82, 2.24) is 9.88 Å². The Morgan fingerprint density at radius 3 is 2.83 bits per heavy atom. The second-order valence-corrected chi connectivity index (χ2v) is 7.84. The molecule has 8 heteroatoms. The SMILES string of the molecule is CN(C)C(=O)C[C@H]1C[C@@H]2c3cc(NC(=O)c4cccnc4)ccc3O[C@@H]2[C@@H](CO)O1. The number of hydrogen-bond acceptors (Lipinski definition) is 6. The van der Waals surface area contributed by atoms with Gasteiger partial charge < -0.3 is 24.8 Å². The first-order valence-electron chi connectivity index (χ1n) is 9.94. The van der Waals surface area contributed by atoms with E-state index in [4.69, 9.17) is 9.47 Å². The molecule has 0 radical (unpaired) electrons. The first-order chi connectivity index (χ1) is 14.5. The maximum Gasteiger partial charge on any atom is 0.257 e. The van der Waals surface area contributed by atoms with Gasteiger partial charge >= 0.3 is 0 Å². The number of pyridine rings is 1. The zero-order valence-electron chi connectivity index (χ0n) is 16.9. The molecule has 2 N–H and O–H groups in total. The summed E-state index contributed by atoms with van der Waals surface area (Å²) in [5, 5.41) is 12.7. The Balaban J connectivity index is 1.54. The van der Waals surface area contributed by atoms with Gasteiger partial charge in [-0.3, -0.25) is 14.6 Å². The monoisotopic (exact) mass is 411 g/mol. The Hall–Kier alpha value is -2.97. The fraction of sp³-hybridized carbons (Fsp3) is 0.409. The van der Waals surface area contributed by atoms with Crippen LogP contribution in [-0.2, 0) is 9.53 Å². The predicted molar refractivity (Wildman–Crippen MR) is 109 cm³/mol. The predicted octanol–water partition coefficient (Wildman–Crippen LogP) is 1.81. The van der Waals surface area contributed by atoms with Crippen molar-refractivity contribution in [2.45, 2.75) is 37.1 Å². The zero-order chi connectivity index (χ0) is 21.3. The van der Waals surface area contributed by atoms with Crippen LogP contribution >= 0.6 is 0 Å². The van der Waals surface area contributed by atoms with Crippen molar-refractivity contribution in [2.24, 2.45) is 0 Å². The number of benzene rings is 1. The highest BCUT2D eigenvalue weighted by Crippen LogP contribution is 2.47. The molecule has 1 aromatic carbocycles. The lowest BCUT2D eigenvalue weighted by Gasteiger charge is -2.37. The van der Waals surface area contributed by atoms with Gasteiger partial charge in [-0.05, 0) is 36.8 Å². The molecule has 1 fully saturated rings. The van der Waals surface area contributed by atoms with E-state index in [-0.39, 0.29) is 43.0 Å². The molecule has 158 valence electrons. The number of fused-ring (bicyclic) bond motifs is 3. The van der Waals surface area contributed by atoms with Gasteiger partial charge in [-0.1, -0.05) is 0 Å². The number of aromatic nitrogens is 1. The third-order valence-electron chi connectivity index (χ3n) is 5.58. The van der Waals surface area contributed by atoms with E-state index < -0.39 is 6.10 Å². The summed E-state index contributed by atoms with van der Waals surface area (Å²) in [4.78, 5) is 30.1. The smallest absolute Gasteiger partial charge is 0.257 e. The lowest BCUT2D eigenvalue weighted by Crippen LogP contribution is -2.47. The quantitative estimate of drug-likeness (QED) is 0.778. The molecular formula is C22H25N3O5. The largest absolute Gasteiger partial charge is 0.487 e. The minimum Gasteiger partial charge on any atom is -0.487 e. The van der Waals surface area contributed by atoms with Gasteiger partial charge in [0.1, 0.15) is 18.0 Å². The number of rotatable bonds is 5. The summed E-state index contributed by atoms with van der Waals surface area (Å²) in [6, 6.07) is 8.92. The number of carbonyl (C=O) groups excluding carboxylic acids is 2. The number of carbonyl (C=O) groups is 2. The second-order valence-electron chi connectivity index (χ2n) is 7.84. The van der Waals surface area contributed by atoms with Gasteiger partial charge in [0.15, 0.2) is 0 Å². The average molecular weight is 411 g/mol. The van der Waals surface area contributed by atoms with Crippen LogP contribution in [0.5, 0.6) is 5.75 Å². The van der Waals surface area contributed by atoms with Crippen LogP contribution in [0.25, 0.3) is 0 Å². The number of nitrogens with zero attached hydrogens (tertiary/aromatic N) is 2. The minimum absolute atomic E-state index is 0.0215. The molecule has 0 bridgehead atoms. The standard InChI is InChI=1S/C22H25N3O5/c1-25(2)20(27)10-15-9-17-16-8-14(24-22(28)13-4-3-7-23-11-13)5-6-18(16)30-21(17)19(12-26)29-15/h3-8,11,15,17,19,21,26H,9-10,12H2,1-2H3,(H,24,28)/t15-,17-,19-,21+/m1/s1. The van der Waals surface area contributed by atoms with Crippen molar-refractivity contribution >= 4 is 17.5 Å². The number of hydrogen-bond donors (Lipinski definition) is 2. The number of nitrogens with one attached hydrogen (secondary N) is 1. The van der Waals surface area contributed by atoms with Crippen molar-refractivity contribution in [2.75, 3.05) is 26.0 Å². The molecule has 2 aromatic rings. The number of aliphatic hydroxyl groups is 1. The molecule has 4 rings (SSSR count). The first-order valence-corrected chi connectivity index (χ1v) is 9.94. The van der Waals surface area contributed by atoms with Crippen molar-refractivity contribution in [3.63, 3.8) is 0 Å². The minimum atomic E-state index is -0.510. The Morgan fingerprint density at radius 1 is 1.30 bits per heavy atom. The van der Waals surface area contributed by atoms with E-state index in [2.05, 4.69) is 10.3 Å². The maximum atomic E-state index is 12.5. The van der Waals surface area contributed by atoms with Crippen LogP contribution in [-0.4, -0.2) is 65.8 Å². The lowest BCUT2D eigenvalue weighted by atomic mass is 9.84. The average Bonchev–Trinajstić information content (AvgIpc) is 3.11. The van der Waals surface area contributed by atoms with Gasteiger partial charge in [0.25, 0.3) is 5.91 Å². The van der Waals surface area contributed by atoms with E-state index in [0.717, 1.165) is 5.56 Å². The van der Waals surface area contributed by atoms with Gasteiger partial charge in [-0.25, -0.2) is 0 Å². The number of anilines is 1. The molecule has 2 aliphatic rings. The van der Waals surface area contributed by atoms with E-state index in [1.165, 1.54) is 11.1 Å². The van der Waals surface area contributed by atoms with Crippen LogP contribution in [0.15, 0.2) is 42.7 Å². The fourth-order valence-corrected chi connectivity index (χ4v) is 4.04. The molecule has 1 aromatic heterocycles. The van der Waals surface area contributed by atoms with Crippen LogP contribution in [0.1, 0.15) is 34.7 Å². The summed E-state index contributed by atoms with van der Waals surface area (Å²) >= 11 is 0. The number of aliphatic hydroxyl groups excluding tert-OH is 1. The number of amides is 2. The summed E-state index contributed by atoms with van der Waals surface area (Å²) in [6.45, 7) is -0.188. The van der Waals surface area contributed by atoms with Crippen LogP contribution in [0.3, 0.4) is 0 Å². The second kappa shape index (κ2) is 8.41. The van der Waals surface area contributed by atoms with Gasteiger partial charge in [0.2, 0.25) is 5.91 Å². The summed E-state index contributed by atoms with van der Waals surface area (Å²) < 4.78 is 12.0. The van der Waals surface area contributed by atoms with Crippen LogP contribution in [0, 0.1) is 0 Å². The Morgan fingerprint density at radius 2 is 2.13 bits per heavy atom. The molecule has 2 amide bonds. The fourth-order valence-electron chi connectivity index (χ4n) is 4.04. The molecule has 30 heavy (non-hydrogen) atoms. The number of ether oxygens (including phenoxy) is 2. The van der Waals surface area contributed by atoms with E-state index >= 15 is 0 Å². The molecule has 0 saturated carbocycles. The van der Waals surface area contributed by atoms with Crippen LogP contribution in [0.4, 0.5) is 5.69 Å². The first kappa shape index (κ1) is 20.3. The zero-order valence-corrected chi connectivity index (χ0v) is 16.9. The van der Waals surface area contributed by atoms with Gasteiger partial charge in [-0.15, -0.1) is 0 Å². The molecular weight excluding hydrogens is 386 g/mol. The van der Waals surface area contributed by atoms with Crippen LogP contribution in [0.2, 0.25) is 0 Å². The molecule has 8 nitrogen and oxygen atoms in total. The van der Waals surface area contributed by atoms with Crippen molar-refractivity contribution in [3.8, 4) is 5.75 Å². The molecule has 4 atom stereocenters. The molecule has 0 aliphatic carbocycles. The van der Waals surface area contributed by atoms with Gasteiger partial charge in [0.05, 0.1) is 24.7 Å². The van der Waals surface area contributed by atoms with Crippen LogP contribution < -0.4 is 10.1 Å². The Kier molecular flexibility index (Phi) is 5.69. The molecule has 2 aliphatic heterocycles. The topological polar surface area (TPSA) is 101 Å². The highest BCUT2D eigenvalue weighted by Gasteiger charge is 2.46. The Bertz CT molecular complexity index is 934. The van der Waals surface area contributed by atoms with Gasteiger partial charge in [0, 0.05) is 43.7 Å². The van der Waals surface area contributed by atoms with Crippen molar-refractivity contribution < 1.29 is 24.2 Å². The molecule has 0 spiro atoms. The van der Waals surface area contributed by atoms with E-state index in [1.807, 2.05) is 12.1 Å². The van der Waals surface area contributed by atoms with E-state index in [9.17, 15) is 14.7 Å². The summed E-state index contributed by atoms with van der Waals surface area (Å²) in [5.41, 5.74) is 2.08. The molecule has 0 unspecified atom stereocenters. The summed E-state index contributed by atoms with van der Waals surface area (Å²) in [7, 11) is 3.42. The summed E-state index contributed by atoms with van der Waals surface area (Å²) in [6.07, 6.45) is 2.85. The molecule has 3 heterocycles. The lowest BCUT2D eigenvalue weighted by molar-refractivity contribution is -0.147. The van der Waals surface area contributed by atoms with Gasteiger partial charge in [-0.2, -0.15) is 0 Å². The van der Waals surface area contributed by atoms with Crippen molar-refractivity contribution in [1.29, 1.82) is 0 Å². The Labute approximate surface area is 174 Å². The normalized spacial score (nSPS) is 24.4. The van der Waals surface area contributed by atoms with E-state index in [0.29, 0.717) is 23.4 Å². The van der Waals surface area contributed by atoms with Crippen molar-refractivity contribution in [3.05, 3.63) is 53.9 Å². The van der Waals surface area contributed by atoms with E-state index in [1.54, 1.807) is 38.5 Å². The third kappa shape index (κ3) is 4.01. The highest BCUT2D eigenvalue weighted by molar-refractivity contribution is 6.04. The third-order valence-corrected chi connectivity index (χ3v) is 5.58. The summed E-state index contributed by atoms with van der Waals surface area (Å²) in [5.74, 6) is 0.423. The highest BCUT2D eigenvalue weighted by atomic mass is 16.6.